The van der Waals surface area contributed by atoms with Crippen LogP contribution in [-0.2, 0) is 11.2 Å². The Hall–Kier alpha value is -3.53. The van der Waals surface area contributed by atoms with Gasteiger partial charge in [0.05, 0.1) is 12.8 Å². The average molecular weight is 453 g/mol. The number of carboxylic acid groups (broad SMARTS) is 1. The Morgan fingerprint density at radius 2 is 1.77 bits per heavy atom. The summed E-state index contributed by atoms with van der Waals surface area (Å²) in [6.07, 6.45) is -2.69. The fourth-order valence-electron chi connectivity index (χ4n) is 2.54. The van der Waals surface area contributed by atoms with E-state index in [-0.39, 0.29) is 0 Å². The van der Waals surface area contributed by atoms with E-state index in [1.165, 1.54) is 5.56 Å². The van der Waals surface area contributed by atoms with Gasteiger partial charge >= 0.3 is 12.1 Å². The molecule has 3 N–H and O–H groups in total. The first-order valence-corrected chi connectivity index (χ1v) is 9.27. The Morgan fingerprint density at radius 3 is 2.48 bits per heavy atom. The Bertz CT molecular complexity index is 1080. The molecule has 11 heteroatoms. The van der Waals surface area contributed by atoms with Gasteiger partial charge in [-0.25, -0.2) is 9.78 Å². The van der Waals surface area contributed by atoms with Gasteiger partial charge < -0.3 is 20.5 Å². The SMILES string of the molecule is Clc1cnc2nc1Nc1cccc(c1)CCOc1cccc(c1)N2.O=C(O)C(F)(F)F. The third kappa shape index (κ3) is 6.48. The van der Waals surface area contributed by atoms with E-state index in [1.807, 2.05) is 36.4 Å². The van der Waals surface area contributed by atoms with Crippen molar-refractivity contribution >= 4 is 40.7 Å². The van der Waals surface area contributed by atoms with Crippen LogP contribution < -0.4 is 15.4 Å². The predicted octanol–water partition coefficient (Wildman–Crippen LogP) is 5.19. The summed E-state index contributed by atoms with van der Waals surface area (Å²) in [5.74, 6) is -0.920. The third-order valence-electron chi connectivity index (χ3n) is 3.93. The molecule has 6 bridgehead atoms. The molecule has 31 heavy (non-hydrogen) atoms. The van der Waals surface area contributed by atoms with Crippen LogP contribution >= 0.6 is 11.6 Å². The average Bonchev–Trinajstić information content (AvgIpc) is 2.70. The number of nitrogens with zero attached hydrogens (tertiary/aromatic N) is 2. The lowest BCUT2D eigenvalue weighted by Gasteiger charge is -2.13. The smallest absolute Gasteiger partial charge is 0.490 e. The van der Waals surface area contributed by atoms with Gasteiger partial charge in [0, 0.05) is 23.9 Å². The van der Waals surface area contributed by atoms with Crippen molar-refractivity contribution in [1.82, 2.24) is 9.97 Å². The second-order valence-corrected chi connectivity index (χ2v) is 6.68. The van der Waals surface area contributed by atoms with Gasteiger partial charge in [0.1, 0.15) is 10.8 Å². The van der Waals surface area contributed by atoms with Gasteiger partial charge in [-0.15, -0.1) is 0 Å². The van der Waals surface area contributed by atoms with E-state index in [1.54, 1.807) is 6.20 Å². The lowest BCUT2D eigenvalue weighted by atomic mass is 10.1. The number of ether oxygens (including phenoxy) is 1. The van der Waals surface area contributed by atoms with E-state index in [2.05, 4.69) is 32.7 Å². The van der Waals surface area contributed by atoms with Crippen molar-refractivity contribution in [1.29, 1.82) is 0 Å². The zero-order chi connectivity index (χ0) is 22.4. The van der Waals surface area contributed by atoms with Crippen molar-refractivity contribution in [2.45, 2.75) is 12.6 Å². The molecule has 4 rings (SSSR count). The Labute approximate surface area is 179 Å². The number of carboxylic acids is 1. The summed E-state index contributed by atoms with van der Waals surface area (Å²) in [6, 6.07) is 15.8. The molecule has 0 saturated carbocycles. The quantitative estimate of drug-likeness (QED) is 0.432. The molecule has 0 saturated heterocycles. The van der Waals surface area contributed by atoms with Crippen LogP contribution in [0.2, 0.25) is 5.02 Å². The number of anilines is 4. The first-order valence-electron chi connectivity index (χ1n) is 8.89. The number of hydrogen-bond donors (Lipinski definition) is 3. The van der Waals surface area contributed by atoms with E-state index in [9.17, 15) is 13.2 Å². The van der Waals surface area contributed by atoms with Crippen LogP contribution in [-0.4, -0.2) is 33.8 Å². The molecule has 2 heterocycles. The first-order chi connectivity index (χ1) is 14.7. The number of rotatable bonds is 0. The maximum Gasteiger partial charge on any atom is 0.490 e. The van der Waals surface area contributed by atoms with Crippen LogP contribution in [0, 0.1) is 0 Å². The molecule has 1 aliphatic heterocycles. The van der Waals surface area contributed by atoms with Crippen LogP contribution in [0.4, 0.5) is 36.3 Å². The normalized spacial score (nSPS) is 12.6. The van der Waals surface area contributed by atoms with Gasteiger partial charge in [0.15, 0.2) is 5.82 Å². The zero-order valence-electron chi connectivity index (χ0n) is 15.8. The highest BCUT2D eigenvalue weighted by molar-refractivity contribution is 6.32. The van der Waals surface area contributed by atoms with Crippen molar-refractivity contribution in [3.05, 3.63) is 65.3 Å². The molecule has 1 aliphatic rings. The molecular weight excluding hydrogens is 437 g/mol. The van der Waals surface area contributed by atoms with Gasteiger partial charge in [-0.3, -0.25) is 0 Å². The highest BCUT2D eigenvalue weighted by atomic mass is 35.5. The van der Waals surface area contributed by atoms with Crippen molar-refractivity contribution in [2.24, 2.45) is 0 Å². The molecule has 1 aromatic heterocycles. The number of aliphatic carboxylic acids is 1. The maximum atomic E-state index is 10.6. The Balaban J connectivity index is 0.000000339. The van der Waals surface area contributed by atoms with E-state index in [4.69, 9.17) is 26.2 Å². The number of nitrogens with one attached hydrogen (secondary N) is 2. The van der Waals surface area contributed by atoms with Crippen molar-refractivity contribution in [3.8, 4) is 5.75 Å². The van der Waals surface area contributed by atoms with Crippen LogP contribution in [0.25, 0.3) is 0 Å². The van der Waals surface area contributed by atoms with Gasteiger partial charge in [-0.05, 0) is 29.8 Å². The molecule has 0 amide bonds. The second-order valence-electron chi connectivity index (χ2n) is 6.27. The van der Waals surface area contributed by atoms with Crippen LogP contribution in [0.1, 0.15) is 5.56 Å². The van der Waals surface area contributed by atoms with Crippen molar-refractivity contribution in [3.63, 3.8) is 0 Å². The summed E-state index contributed by atoms with van der Waals surface area (Å²) in [5, 5.41) is 14.0. The fourth-order valence-corrected chi connectivity index (χ4v) is 2.67. The van der Waals surface area contributed by atoms with E-state index in [0.29, 0.717) is 23.4 Å². The minimum atomic E-state index is -5.08. The maximum absolute atomic E-state index is 10.6. The first kappa shape index (κ1) is 22.2. The molecular formula is C20H16ClF3N4O3. The molecule has 3 aromatic rings. The van der Waals surface area contributed by atoms with Gasteiger partial charge in [0.2, 0.25) is 5.95 Å². The molecule has 0 fully saturated rings. The number of benzene rings is 2. The molecule has 0 unspecified atom stereocenters. The number of fused-ring (bicyclic) bond motifs is 6. The van der Waals surface area contributed by atoms with E-state index >= 15 is 0 Å². The summed E-state index contributed by atoms with van der Waals surface area (Å²) in [5.41, 5.74) is 2.96. The van der Waals surface area contributed by atoms with Crippen LogP contribution in [0.3, 0.4) is 0 Å². The standard InChI is InChI=1S/C18H15ClN4O.C2HF3O2/c19-16-11-20-18-22-14-5-2-6-15(10-14)24-8-7-12-3-1-4-13(9-12)21-17(16)23-18;3-2(4,5)1(6)7/h1-6,9-11H,7-8H2,(H2,20,21,22,23);(H,6,7). The van der Waals surface area contributed by atoms with Gasteiger partial charge in [-0.1, -0.05) is 29.8 Å². The molecule has 0 aliphatic carbocycles. The Morgan fingerprint density at radius 1 is 1.10 bits per heavy atom. The fraction of sp³-hybridized carbons (Fsp3) is 0.150. The largest absolute Gasteiger partial charge is 0.493 e. The van der Waals surface area contributed by atoms with Gasteiger partial charge in [0.25, 0.3) is 0 Å². The molecule has 0 radical (unpaired) electrons. The molecule has 0 atom stereocenters. The predicted molar refractivity (Wildman–Crippen MR) is 109 cm³/mol. The summed E-state index contributed by atoms with van der Waals surface area (Å²) in [6.45, 7) is 0.607. The number of carbonyl (C=O) groups is 1. The lowest BCUT2D eigenvalue weighted by molar-refractivity contribution is -0.192. The minimum absolute atomic E-state index is 0.465. The van der Waals surface area contributed by atoms with Crippen molar-refractivity contribution in [2.75, 3.05) is 17.2 Å². The topological polar surface area (TPSA) is 96.4 Å². The monoisotopic (exact) mass is 452 g/mol. The van der Waals surface area contributed by atoms with Crippen LogP contribution in [0.5, 0.6) is 5.75 Å². The number of hydrogen-bond acceptors (Lipinski definition) is 6. The summed E-state index contributed by atoms with van der Waals surface area (Å²) in [4.78, 5) is 17.6. The lowest BCUT2D eigenvalue weighted by Crippen LogP contribution is -2.21. The van der Waals surface area contributed by atoms with Crippen LogP contribution in [0.15, 0.2) is 54.7 Å². The molecule has 7 nitrogen and oxygen atoms in total. The van der Waals surface area contributed by atoms with E-state index < -0.39 is 12.1 Å². The number of aromatic nitrogens is 2. The van der Waals surface area contributed by atoms with E-state index in [0.717, 1.165) is 23.5 Å². The zero-order valence-corrected chi connectivity index (χ0v) is 16.5. The number of alkyl halides is 3. The second kappa shape index (κ2) is 9.52. The van der Waals surface area contributed by atoms with Crippen molar-refractivity contribution < 1.29 is 27.8 Å². The molecule has 0 spiro atoms. The summed E-state index contributed by atoms with van der Waals surface area (Å²) in [7, 11) is 0. The minimum Gasteiger partial charge on any atom is -0.493 e. The summed E-state index contributed by atoms with van der Waals surface area (Å²) >= 11 is 6.22. The number of halogens is 4. The Kier molecular flexibility index (Phi) is 6.81. The molecule has 162 valence electrons. The highest BCUT2D eigenvalue weighted by Crippen LogP contribution is 2.27. The highest BCUT2D eigenvalue weighted by Gasteiger charge is 2.38. The molecule has 2 aromatic carbocycles. The van der Waals surface area contributed by atoms with Gasteiger partial charge in [-0.2, -0.15) is 18.2 Å². The summed E-state index contributed by atoms with van der Waals surface area (Å²) < 4.78 is 37.6. The third-order valence-corrected chi connectivity index (χ3v) is 4.20.